The van der Waals surface area contributed by atoms with Crippen molar-refractivity contribution in [2.45, 2.75) is 32.1 Å². The third-order valence-corrected chi connectivity index (χ3v) is 5.12. The summed E-state index contributed by atoms with van der Waals surface area (Å²) in [6.07, 6.45) is 3.82. The Morgan fingerprint density at radius 2 is 1.92 bits per heavy atom. The maximum Gasteiger partial charge on any atom is 0.224 e. The van der Waals surface area contributed by atoms with Gasteiger partial charge in [0.05, 0.1) is 4.88 Å². The molecule has 24 heavy (non-hydrogen) atoms. The standard InChI is InChI=1S/C19H22N2O2S/c22-17(18-9-5-13-24-18)8-4-10-19(23)20-15-6-3-7-16(14-15)21-11-1-2-12-21/h3,5-7,9,13-14H,1-2,4,8,10-12H2,(H,20,23). The molecule has 2 aromatic rings. The molecule has 1 amide bonds. The fourth-order valence-electron chi connectivity index (χ4n) is 2.95. The highest BCUT2D eigenvalue weighted by Gasteiger charge is 2.13. The van der Waals surface area contributed by atoms with Crippen LogP contribution in [0.25, 0.3) is 0 Å². The van der Waals surface area contributed by atoms with Crippen LogP contribution in [0.3, 0.4) is 0 Å². The van der Waals surface area contributed by atoms with Crippen molar-refractivity contribution in [3.05, 3.63) is 46.7 Å². The number of thiophene rings is 1. The molecule has 0 atom stereocenters. The van der Waals surface area contributed by atoms with E-state index >= 15 is 0 Å². The lowest BCUT2D eigenvalue weighted by molar-refractivity contribution is -0.116. The van der Waals surface area contributed by atoms with Crippen LogP contribution in [0, 0.1) is 0 Å². The summed E-state index contributed by atoms with van der Waals surface area (Å²) in [7, 11) is 0. The van der Waals surface area contributed by atoms with E-state index in [-0.39, 0.29) is 11.7 Å². The Hall–Kier alpha value is -2.14. The molecular formula is C19H22N2O2S. The molecule has 0 radical (unpaired) electrons. The van der Waals surface area contributed by atoms with Crippen molar-refractivity contribution in [3.8, 4) is 0 Å². The molecule has 0 saturated carbocycles. The van der Waals surface area contributed by atoms with Crippen LogP contribution in [0.2, 0.25) is 0 Å². The largest absolute Gasteiger partial charge is 0.371 e. The predicted molar refractivity (Wildman–Crippen MR) is 99.0 cm³/mol. The normalized spacial score (nSPS) is 13.9. The quantitative estimate of drug-likeness (QED) is 0.762. The molecule has 1 N–H and O–H groups in total. The number of nitrogens with zero attached hydrogens (tertiary/aromatic N) is 1. The molecule has 2 heterocycles. The highest BCUT2D eigenvalue weighted by molar-refractivity contribution is 7.12. The summed E-state index contributed by atoms with van der Waals surface area (Å²) in [4.78, 5) is 27.1. The molecule has 3 rings (SSSR count). The molecule has 1 aromatic carbocycles. The molecule has 1 saturated heterocycles. The van der Waals surface area contributed by atoms with Gasteiger partial charge in [-0.25, -0.2) is 0 Å². The zero-order valence-corrected chi connectivity index (χ0v) is 14.5. The van der Waals surface area contributed by atoms with Crippen LogP contribution in [0.15, 0.2) is 41.8 Å². The number of anilines is 2. The van der Waals surface area contributed by atoms with E-state index in [1.165, 1.54) is 24.2 Å². The van der Waals surface area contributed by atoms with E-state index in [2.05, 4.69) is 16.3 Å². The summed E-state index contributed by atoms with van der Waals surface area (Å²) in [6, 6.07) is 11.7. The molecule has 4 nitrogen and oxygen atoms in total. The molecule has 1 aliphatic heterocycles. The van der Waals surface area contributed by atoms with E-state index in [9.17, 15) is 9.59 Å². The number of benzene rings is 1. The lowest BCUT2D eigenvalue weighted by Crippen LogP contribution is -2.18. The fraction of sp³-hybridized carbons (Fsp3) is 0.368. The van der Waals surface area contributed by atoms with Crippen molar-refractivity contribution in [2.75, 3.05) is 23.3 Å². The van der Waals surface area contributed by atoms with Gasteiger partial charge < -0.3 is 10.2 Å². The number of rotatable bonds is 7. The predicted octanol–water partition coefficient (Wildman–Crippen LogP) is 4.34. The van der Waals surface area contributed by atoms with Gasteiger partial charge >= 0.3 is 0 Å². The Labute approximate surface area is 146 Å². The topological polar surface area (TPSA) is 49.4 Å². The van der Waals surface area contributed by atoms with Crippen LogP contribution in [-0.2, 0) is 4.79 Å². The first-order valence-corrected chi connectivity index (χ1v) is 9.32. The van der Waals surface area contributed by atoms with E-state index in [1.807, 2.05) is 35.7 Å². The van der Waals surface area contributed by atoms with E-state index in [4.69, 9.17) is 0 Å². The third-order valence-electron chi connectivity index (χ3n) is 4.20. The van der Waals surface area contributed by atoms with Gasteiger partial charge in [-0.15, -0.1) is 11.3 Å². The maximum atomic E-state index is 12.1. The summed E-state index contributed by atoms with van der Waals surface area (Å²) >= 11 is 1.45. The highest BCUT2D eigenvalue weighted by atomic mass is 32.1. The molecule has 0 unspecified atom stereocenters. The summed E-state index contributed by atoms with van der Waals surface area (Å²) in [5, 5.41) is 4.84. The monoisotopic (exact) mass is 342 g/mol. The van der Waals surface area contributed by atoms with Crippen LogP contribution < -0.4 is 10.2 Å². The maximum absolute atomic E-state index is 12.1. The number of ketones is 1. The molecule has 126 valence electrons. The number of carbonyl (C=O) groups excluding carboxylic acids is 2. The van der Waals surface area contributed by atoms with Crippen LogP contribution in [0.1, 0.15) is 41.8 Å². The molecule has 0 spiro atoms. The van der Waals surface area contributed by atoms with Crippen LogP contribution in [0.5, 0.6) is 0 Å². The van der Waals surface area contributed by atoms with Gasteiger partial charge in [0.2, 0.25) is 5.91 Å². The SMILES string of the molecule is O=C(CCCC(=O)c1cccs1)Nc1cccc(N2CCCC2)c1. The van der Waals surface area contributed by atoms with Crippen LogP contribution in [-0.4, -0.2) is 24.8 Å². The van der Waals surface area contributed by atoms with Gasteiger partial charge in [-0.05, 0) is 48.9 Å². The molecule has 0 aliphatic carbocycles. The van der Waals surface area contributed by atoms with E-state index in [1.54, 1.807) is 0 Å². The summed E-state index contributed by atoms with van der Waals surface area (Å²) in [6.45, 7) is 2.17. The number of amides is 1. The highest BCUT2D eigenvalue weighted by Crippen LogP contribution is 2.23. The van der Waals surface area contributed by atoms with Gasteiger partial charge in [-0.2, -0.15) is 0 Å². The fourth-order valence-corrected chi connectivity index (χ4v) is 3.64. The van der Waals surface area contributed by atoms with Crippen LogP contribution in [0.4, 0.5) is 11.4 Å². The first-order chi connectivity index (χ1) is 11.7. The number of nitrogens with one attached hydrogen (secondary N) is 1. The summed E-state index contributed by atoms with van der Waals surface area (Å²) < 4.78 is 0. The number of hydrogen-bond acceptors (Lipinski definition) is 4. The van der Waals surface area contributed by atoms with Crippen molar-refractivity contribution >= 4 is 34.4 Å². The Kier molecular flexibility index (Phi) is 5.64. The van der Waals surface area contributed by atoms with Crippen molar-refractivity contribution in [1.82, 2.24) is 0 Å². The molecular weight excluding hydrogens is 320 g/mol. The summed E-state index contributed by atoms with van der Waals surface area (Å²) in [5.41, 5.74) is 1.99. The molecule has 0 bridgehead atoms. The second-order valence-corrected chi connectivity index (χ2v) is 6.99. The van der Waals surface area contributed by atoms with Gasteiger partial charge in [0, 0.05) is 37.3 Å². The Bertz CT molecular complexity index is 691. The second-order valence-electron chi connectivity index (χ2n) is 6.05. The van der Waals surface area contributed by atoms with Crippen molar-refractivity contribution in [1.29, 1.82) is 0 Å². The first-order valence-electron chi connectivity index (χ1n) is 8.44. The minimum Gasteiger partial charge on any atom is -0.371 e. The first kappa shape index (κ1) is 16.7. The number of Topliss-reactive ketones (excluding diaryl/α,β-unsaturated/α-hetero) is 1. The van der Waals surface area contributed by atoms with Gasteiger partial charge in [-0.3, -0.25) is 9.59 Å². The zero-order chi connectivity index (χ0) is 16.8. The van der Waals surface area contributed by atoms with Crippen LogP contribution >= 0.6 is 11.3 Å². The minimum atomic E-state index is -0.0347. The zero-order valence-electron chi connectivity index (χ0n) is 13.7. The van der Waals surface area contributed by atoms with Gasteiger partial charge in [0.15, 0.2) is 5.78 Å². The lowest BCUT2D eigenvalue weighted by atomic mass is 10.1. The van der Waals surface area contributed by atoms with Gasteiger partial charge in [0.1, 0.15) is 0 Å². The van der Waals surface area contributed by atoms with Gasteiger partial charge in [-0.1, -0.05) is 12.1 Å². The van der Waals surface area contributed by atoms with Crippen molar-refractivity contribution < 1.29 is 9.59 Å². The van der Waals surface area contributed by atoms with E-state index < -0.39 is 0 Å². The Balaban J connectivity index is 1.46. The smallest absolute Gasteiger partial charge is 0.224 e. The van der Waals surface area contributed by atoms with E-state index in [0.29, 0.717) is 19.3 Å². The average molecular weight is 342 g/mol. The number of carbonyl (C=O) groups is 2. The summed E-state index contributed by atoms with van der Waals surface area (Å²) in [5.74, 6) is 0.0846. The lowest BCUT2D eigenvalue weighted by Gasteiger charge is -2.18. The average Bonchev–Trinajstić information content (AvgIpc) is 3.29. The second kappa shape index (κ2) is 8.11. The van der Waals surface area contributed by atoms with Crippen molar-refractivity contribution in [2.24, 2.45) is 0 Å². The molecule has 5 heteroatoms. The van der Waals surface area contributed by atoms with Crippen molar-refractivity contribution in [3.63, 3.8) is 0 Å². The third kappa shape index (κ3) is 4.45. The Morgan fingerprint density at radius 3 is 2.67 bits per heavy atom. The molecule has 1 aromatic heterocycles. The minimum absolute atomic E-state index is 0.0347. The molecule has 1 aliphatic rings. The Morgan fingerprint density at radius 1 is 1.08 bits per heavy atom. The molecule has 1 fully saturated rings. The number of hydrogen-bond donors (Lipinski definition) is 1. The van der Waals surface area contributed by atoms with E-state index in [0.717, 1.165) is 29.3 Å². The van der Waals surface area contributed by atoms with Gasteiger partial charge in [0.25, 0.3) is 0 Å².